The monoisotopic (exact) mass is 233 g/mol. The van der Waals surface area contributed by atoms with Crippen molar-refractivity contribution in [2.45, 2.75) is 20.0 Å². The summed E-state index contributed by atoms with van der Waals surface area (Å²) >= 11 is 0. The summed E-state index contributed by atoms with van der Waals surface area (Å²) in [4.78, 5) is 4.97. The molecule has 0 bridgehead atoms. The first-order valence-corrected chi connectivity index (χ1v) is 5.71. The molecule has 0 aliphatic heterocycles. The summed E-state index contributed by atoms with van der Waals surface area (Å²) in [6, 6.07) is 10.1. The number of hydrogen-bond donors (Lipinski definition) is 0. The molecule has 17 heavy (non-hydrogen) atoms. The van der Waals surface area contributed by atoms with Crippen LogP contribution in [0, 0.1) is 0 Å². The third kappa shape index (κ3) is 6.53. The third-order valence-electron chi connectivity index (χ3n) is 2.13. The second-order valence-corrected chi connectivity index (χ2v) is 3.70. The van der Waals surface area contributed by atoms with Gasteiger partial charge in [-0.25, -0.2) is 0 Å². The van der Waals surface area contributed by atoms with Gasteiger partial charge in [-0.1, -0.05) is 48.1 Å². The molecule has 0 amide bonds. The Bertz CT molecular complexity index is 346. The second-order valence-electron chi connectivity index (χ2n) is 3.70. The highest BCUT2D eigenvalue weighted by molar-refractivity contribution is 5.81. The van der Waals surface area contributed by atoms with Crippen LogP contribution in [0.1, 0.15) is 18.9 Å². The van der Waals surface area contributed by atoms with Crippen molar-refractivity contribution in [3.8, 4) is 0 Å². The van der Waals surface area contributed by atoms with E-state index in [-0.39, 0.29) is 0 Å². The first-order chi connectivity index (χ1) is 8.33. The predicted octanol–water partition coefficient (Wildman–Crippen LogP) is 3.17. The van der Waals surface area contributed by atoms with Crippen molar-refractivity contribution in [1.82, 2.24) is 0 Å². The Morgan fingerprint density at radius 1 is 1.35 bits per heavy atom. The van der Waals surface area contributed by atoms with E-state index < -0.39 is 0 Å². The highest BCUT2D eigenvalue weighted by atomic mass is 16.6. The molecule has 3 nitrogen and oxygen atoms in total. The van der Waals surface area contributed by atoms with E-state index in [9.17, 15) is 0 Å². The van der Waals surface area contributed by atoms with Crippen LogP contribution in [0.4, 0.5) is 0 Å². The van der Waals surface area contributed by atoms with Crippen molar-refractivity contribution in [3.05, 3.63) is 48.6 Å². The molecule has 3 heteroatoms. The number of hydrogen-bond acceptors (Lipinski definition) is 3. The molecule has 0 saturated carbocycles. The molecular weight excluding hydrogens is 214 g/mol. The first kappa shape index (κ1) is 13.5. The number of rotatable bonds is 8. The van der Waals surface area contributed by atoms with E-state index in [2.05, 4.69) is 11.7 Å². The molecule has 0 N–H and O–H groups in total. The van der Waals surface area contributed by atoms with E-state index in [4.69, 9.17) is 9.57 Å². The molecule has 1 aromatic carbocycles. The Morgan fingerprint density at radius 2 is 2.12 bits per heavy atom. The molecule has 0 radical (unpaired) electrons. The molecule has 0 unspecified atom stereocenters. The number of benzene rings is 1. The van der Waals surface area contributed by atoms with Crippen LogP contribution >= 0.6 is 0 Å². The zero-order chi connectivity index (χ0) is 12.3. The minimum Gasteiger partial charge on any atom is -0.392 e. The zero-order valence-electron chi connectivity index (χ0n) is 10.3. The van der Waals surface area contributed by atoms with Crippen molar-refractivity contribution in [3.63, 3.8) is 0 Å². The van der Waals surface area contributed by atoms with Crippen molar-refractivity contribution in [2.24, 2.45) is 5.16 Å². The van der Waals surface area contributed by atoms with Gasteiger partial charge in [0, 0.05) is 6.42 Å². The second kappa shape index (κ2) is 8.53. The Labute approximate surface area is 103 Å². The van der Waals surface area contributed by atoms with Crippen LogP contribution in [0.2, 0.25) is 0 Å². The van der Waals surface area contributed by atoms with Crippen LogP contribution in [0.3, 0.4) is 0 Å². The zero-order valence-corrected chi connectivity index (χ0v) is 10.3. The van der Waals surface area contributed by atoms with Crippen LogP contribution in [0.25, 0.3) is 0 Å². The molecule has 0 fully saturated rings. The van der Waals surface area contributed by atoms with Gasteiger partial charge >= 0.3 is 0 Å². The summed E-state index contributed by atoms with van der Waals surface area (Å²) in [6.45, 7) is 7.21. The van der Waals surface area contributed by atoms with Crippen LogP contribution in [0.15, 0.2) is 48.1 Å². The summed E-state index contributed by atoms with van der Waals surface area (Å²) in [5.74, 6) is 0. The van der Waals surface area contributed by atoms with Gasteiger partial charge in [0.25, 0.3) is 0 Å². The normalized spacial score (nSPS) is 11.2. The van der Waals surface area contributed by atoms with Crippen molar-refractivity contribution in [1.29, 1.82) is 0 Å². The maximum absolute atomic E-state index is 5.54. The Balaban J connectivity index is 2.11. The molecule has 0 spiro atoms. The van der Waals surface area contributed by atoms with E-state index in [1.54, 1.807) is 6.08 Å². The Kier molecular flexibility index (Phi) is 6.75. The maximum atomic E-state index is 5.54. The van der Waals surface area contributed by atoms with Gasteiger partial charge in [0.1, 0.15) is 6.61 Å². The van der Waals surface area contributed by atoms with E-state index in [0.29, 0.717) is 19.8 Å². The molecule has 0 heterocycles. The smallest absolute Gasteiger partial charge is 0.135 e. The fourth-order valence-electron chi connectivity index (χ4n) is 1.23. The van der Waals surface area contributed by atoms with Crippen LogP contribution < -0.4 is 0 Å². The molecule has 1 rings (SSSR count). The van der Waals surface area contributed by atoms with Gasteiger partial charge in [-0.15, -0.1) is 0 Å². The number of nitrogens with zero attached hydrogens (tertiary/aromatic N) is 1. The average Bonchev–Trinajstić information content (AvgIpc) is 2.36. The summed E-state index contributed by atoms with van der Waals surface area (Å²) in [7, 11) is 0. The average molecular weight is 233 g/mol. The van der Waals surface area contributed by atoms with E-state index in [1.807, 2.05) is 37.3 Å². The first-order valence-electron chi connectivity index (χ1n) is 5.71. The largest absolute Gasteiger partial charge is 0.392 e. The van der Waals surface area contributed by atoms with Crippen molar-refractivity contribution < 1.29 is 9.57 Å². The molecule has 0 saturated heterocycles. The lowest BCUT2D eigenvalue weighted by Crippen LogP contribution is -2.02. The summed E-state index contributed by atoms with van der Waals surface area (Å²) in [6.07, 6.45) is 2.45. The molecule has 0 atom stereocenters. The fourth-order valence-corrected chi connectivity index (χ4v) is 1.23. The lowest BCUT2D eigenvalue weighted by Gasteiger charge is -2.04. The molecular formula is C14H19NO2. The molecule has 1 aromatic rings. The predicted molar refractivity (Wildman–Crippen MR) is 70.0 cm³/mol. The molecule has 0 aliphatic carbocycles. The van der Waals surface area contributed by atoms with Gasteiger partial charge in [0.05, 0.1) is 18.9 Å². The van der Waals surface area contributed by atoms with Gasteiger partial charge in [-0.2, -0.15) is 0 Å². The van der Waals surface area contributed by atoms with Gasteiger partial charge in [0.2, 0.25) is 0 Å². The van der Waals surface area contributed by atoms with Gasteiger partial charge < -0.3 is 9.57 Å². The quantitative estimate of drug-likeness (QED) is 0.299. The maximum Gasteiger partial charge on any atom is 0.135 e. The molecule has 92 valence electrons. The van der Waals surface area contributed by atoms with E-state index >= 15 is 0 Å². The lowest BCUT2D eigenvalue weighted by molar-refractivity contribution is 0.125. The lowest BCUT2D eigenvalue weighted by atomic mass is 10.2. The molecule has 0 aliphatic rings. The summed E-state index contributed by atoms with van der Waals surface area (Å²) in [5, 5.41) is 3.92. The van der Waals surface area contributed by atoms with Crippen LogP contribution in [0.5, 0.6) is 0 Å². The van der Waals surface area contributed by atoms with Gasteiger partial charge in [-0.3, -0.25) is 0 Å². The third-order valence-corrected chi connectivity index (χ3v) is 2.13. The number of ether oxygens (including phenoxy) is 1. The van der Waals surface area contributed by atoms with Crippen LogP contribution in [-0.2, 0) is 16.2 Å². The Hall–Kier alpha value is -1.61. The van der Waals surface area contributed by atoms with E-state index in [0.717, 1.165) is 12.1 Å². The highest BCUT2D eigenvalue weighted by Crippen LogP contribution is 2.01. The van der Waals surface area contributed by atoms with E-state index in [1.165, 1.54) is 5.56 Å². The SMILES string of the molecule is C=CCO/N=C(\C)CCOCc1ccccc1. The summed E-state index contributed by atoms with van der Waals surface area (Å²) < 4.78 is 5.54. The van der Waals surface area contributed by atoms with Gasteiger partial charge in [0.15, 0.2) is 0 Å². The summed E-state index contributed by atoms with van der Waals surface area (Å²) in [5.41, 5.74) is 2.12. The fraction of sp³-hybridized carbons (Fsp3) is 0.357. The standard InChI is InChI=1S/C14H19NO2/c1-3-10-17-15-13(2)9-11-16-12-14-7-5-4-6-8-14/h3-8H,1,9-12H2,2H3/b15-13+. The van der Waals surface area contributed by atoms with Crippen molar-refractivity contribution in [2.75, 3.05) is 13.2 Å². The minimum atomic E-state index is 0.447. The topological polar surface area (TPSA) is 30.8 Å². The van der Waals surface area contributed by atoms with Gasteiger partial charge in [-0.05, 0) is 12.5 Å². The minimum absolute atomic E-state index is 0.447. The number of oxime groups is 1. The highest BCUT2D eigenvalue weighted by Gasteiger charge is 1.95. The van der Waals surface area contributed by atoms with Crippen LogP contribution in [-0.4, -0.2) is 18.9 Å². The Morgan fingerprint density at radius 3 is 2.82 bits per heavy atom. The van der Waals surface area contributed by atoms with Crippen molar-refractivity contribution >= 4 is 5.71 Å². The molecule has 0 aromatic heterocycles.